The van der Waals surface area contributed by atoms with Gasteiger partial charge in [0.2, 0.25) is 5.88 Å². The molecule has 2 aromatic carbocycles. The molecule has 2 N–H and O–H groups in total. The highest BCUT2D eigenvalue weighted by molar-refractivity contribution is 6.17. The molecule has 2 aromatic heterocycles. The van der Waals surface area contributed by atoms with Gasteiger partial charge in [0.05, 0.1) is 19.8 Å². The van der Waals surface area contributed by atoms with Crippen molar-refractivity contribution in [1.29, 1.82) is 0 Å². The Morgan fingerprint density at radius 2 is 1.74 bits per heavy atom. The van der Waals surface area contributed by atoms with Crippen molar-refractivity contribution >= 4 is 22.8 Å². The number of aromatic nitrogens is 2. The van der Waals surface area contributed by atoms with Crippen LogP contribution in [0.3, 0.4) is 0 Å². The van der Waals surface area contributed by atoms with Gasteiger partial charge in [0, 0.05) is 29.3 Å². The molecule has 2 heterocycles. The number of carbonyl (C=O) groups excluding carboxylic acids is 1. The Hall–Kier alpha value is -4.53. The average molecular weight is 476 g/mol. The molecule has 0 aliphatic rings. The molecule has 0 radical (unpaired) electrons. The van der Waals surface area contributed by atoms with E-state index in [0.29, 0.717) is 46.0 Å². The number of fused-ring (bicyclic) bond motifs is 1. The zero-order chi connectivity index (χ0) is 25.1. The van der Waals surface area contributed by atoms with Crippen LogP contribution in [-0.4, -0.2) is 52.3 Å². The van der Waals surface area contributed by atoms with Crippen molar-refractivity contribution in [3.8, 4) is 23.1 Å². The highest BCUT2D eigenvalue weighted by Gasteiger charge is 2.23. The van der Waals surface area contributed by atoms with E-state index in [0.717, 1.165) is 5.56 Å². The van der Waals surface area contributed by atoms with Gasteiger partial charge in [-0.1, -0.05) is 6.07 Å². The number of carbonyl (C=O) groups is 2. The number of rotatable bonds is 9. The summed E-state index contributed by atoms with van der Waals surface area (Å²) in [6.45, 7) is 1.55. The summed E-state index contributed by atoms with van der Waals surface area (Å²) in [6, 6.07) is 15.1. The molecule has 180 valence electrons. The monoisotopic (exact) mass is 476 g/mol. The molecule has 0 aliphatic carbocycles. The second-order valence-corrected chi connectivity index (χ2v) is 7.81. The van der Waals surface area contributed by atoms with Crippen LogP contribution in [0.15, 0.2) is 54.6 Å². The fourth-order valence-electron chi connectivity index (χ4n) is 3.90. The Bertz CT molecular complexity index is 1410. The van der Waals surface area contributed by atoms with Gasteiger partial charge in [0.15, 0.2) is 23.9 Å². The molecule has 0 amide bonds. The summed E-state index contributed by atoms with van der Waals surface area (Å²) >= 11 is 0. The maximum absolute atomic E-state index is 13.5. The fraction of sp³-hybridized carbons (Fsp3) is 0.192. The highest BCUT2D eigenvalue weighted by atomic mass is 16.5. The number of benzene rings is 2. The Labute approximate surface area is 201 Å². The Morgan fingerprint density at radius 1 is 1.00 bits per heavy atom. The van der Waals surface area contributed by atoms with E-state index < -0.39 is 12.6 Å². The molecular weight excluding hydrogens is 452 g/mol. The van der Waals surface area contributed by atoms with E-state index >= 15 is 0 Å². The molecule has 0 bridgehead atoms. The number of carboxylic acids is 1. The molecule has 35 heavy (non-hydrogen) atoms. The molecule has 0 fully saturated rings. The van der Waals surface area contributed by atoms with Crippen LogP contribution < -0.4 is 14.2 Å². The normalized spacial score (nSPS) is 10.8. The lowest BCUT2D eigenvalue weighted by Crippen LogP contribution is -2.10. The number of methoxy groups -OCH3 is 2. The SMILES string of the molecule is COc1ccc(C(=O)c2c(C)n(Cc3ccc(O)c(OCC(=O)O)c3)c3nc(OC)ccc23)cc1. The number of pyridine rings is 1. The maximum Gasteiger partial charge on any atom is 0.341 e. The number of ether oxygens (including phenoxy) is 3. The molecule has 0 aliphatic heterocycles. The summed E-state index contributed by atoms with van der Waals surface area (Å²) in [5.74, 6) is -0.369. The third kappa shape index (κ3) is 4.74. The number of carboxylic acid groups (broad SMARTS) is 1. The van der Waals surface area contributed by atoms with Gasteiger partial charge >= 0.3 is 5.97 Å². The summed E-state index contributed by atoms with van der Waals surface area (Å²) in [5, 5.41) is 19.6. The van der Waals surface area contributed by atoms with E-state index in [4.69, 9.17) is 19.3 Å². The number of phenols is 1. The van der Waals surface area contributed by atoms with Gasteiger partial charge in [0.1, 0.15) is 11.4 Å². The average Bonchev–Trinajstić information content (AvgIpc) is 3.14. The van der Waals surface area contributed by atoms with Crippen molar-refractivity contribution in [2.75, 3.05) is 20.8 Å². The first-order chi connectivity index (χ1) is 16.8. The van der Waals surface area contributed by atoms with Crippen LogP contribution in [-0.2, 0) is 11.3 Å². The number of aliphatic carboxylic acids is 1. The molecule has 4 rings (SSSR count). The number of ketones is 1. The summed E-state index contributed by atoms with van der Waals surface area (Å²) in [7, 11) is 3.08. The van der Waals surface area contributed by atoms with Gasteiger partial charge in [-0.3, -0.25) is 4.79 Å². The zero-order valence-electron chi connectivity index (χ0n) is 19.4. The molecular formula is C26H24N2O7. The van der Waals surface area contributed by atoms with Crippen LogP contribution in [0.25, 0.3) is 11.0 Å². The van der Waals surface area contributed by atoms with Crippen LogP contribution in [0.2, 0.25) is 0 Å². The highest BCUT2D eigenvalue weighted by Crippen LogP contribution is 2.32. The molecule has 0 saturated carbocycles. The smallest absolute Gasteiger partial charge is 0.341 e. The van der Waals surface area contributed by atoms with Crippen LogP contribution in [0, 0.1) is 6.92 Å². The van der Waals surface area contributed by atoms with E-state index in [1.165, 1.54) is 13.2 Å². The van der Waals surface area contributed by atoms with E-state index in [9.17, 15) is 14.7 Å². The minimum Gasteiger partial charge on any atom is -0.504 e. The van der Waals surface area contributed by atoms with Gasteiger partial charge in [-0.2, -0.15) is 4.98 Å². The van der Waals surface area contributed by atoms with Gasteiger partial charge in [-0.15, -0.1) is 0 Å². The lowest BCUT2D eigenvalue weighted by atomic mass is 10.0. The van der Waals surface area contributed by atoms with Crippen LogP contribution in [0.5, 0.6) is 23.1 Å². The molecule has 9 heteroatoms. The van der Waals surface area contributed by atoms with Crippen molar-refractivity contribution in [3.05, 3.63) is 77.0 Å². The Kier molecular flexibility index (Phi) is 6.59. The molecule has 0 atom stereocenters. The Morgan fingerprint density at radius 3 is 2.40 bits per heavy atom. The minimum atomic E-state index is -1.15. The van der Waals surface area contributed by atoms with Crippen molar-refractivity contribution in [1.82, 2.24) is 9.55 Å². The number of aromatic hydroxyl groups is 1. The summed E-state index contributed by atoms with van der Waals surface area (Å²) in [6.07, 6.45) is 0. The lowest BCUT2D eigenvalue weighted by Gasteiger charge is -2.12. The third-order valence-electron chi connectivity index (χ3n) is 5.65. The second-order valence-electron chi connectivity index (χ2n) is 7.81. The number of hydrogen-bond donors (Lipinski definition) is 2. The number of nitrogens with zero attached hydrogens (tertiary/aromatic N) is 2. The third-order valence-corrected chi connectivity index (χ3v) is 5.65. The standard InChI is InChI=1S/C26H24N2O7/c1-15-24(25(32)17-5-7-18(33-2)8-6-17)19-9-11-22(34-3)27-26(19)28(15)13-16-4-10-20(29)21(12-16)35-14-23(30)31/h4-12,29H,13-14H2,1-3H3,(H,30,31). The van der Waals surface area contributed by atoms with Gasteiger partial charge in [-0.25, -0.2) is 4.79 Å². The van der Waals surface area contributed by atoms with E-state index in [1.807, 2.05) is 11.5 Å². The first kappa shape index (κ1) is 23.6. The fourth-order valence-corrected chi connectivity index (χ4v) is 3.90. The molecule has 0 spiro atoms. The molecule has 0 saturated heterocycles. The van der Waals surface area contributed by atoms with Gasteiger partial charge in [-0.05, 0) is 55.0 Å². The predicted molar refractivity (Wildman–Crippen MR) is 128 cm³/mol. The minimum absolute atomic E-state index is 0.0547. The van der Waals surface area contributed by atoms with E-state index in [2.05, 4.69) is 4.98 Å². The molecule has 4 aromatic rings. The summed E-state index contributed by atoms with van der Waals surface area (Å²) in [5.41, 5.74) is 3.00. The molecule has 9 nitrogen and oxygen atoms in total. The van der Waals surface area contributed by atoms with Crippen LogP contribution in [0.4, 0.5) is 0 Å². The van der Waals surface area contributed by atoms with Gasteiger partial charge in [0.25, 0.3) is 0 Å². The van der Waals surface area contributed by atoms with Gasteiger partial charge < -0.3 is 29.0 Å². The van der Waals surface area contributed by atoms with Crippen molar-refractivity contribution in [3.63, 3.8) is 0 Å². The van der Waals surface area contributed by atoms with Crippen molar-refractivity contribution in [2.45, 2.75) is 13.5 Å². The second kappa shape index (κ2) is 9.76. The zero-order valence-corrected chi connectivity index (χ0v) is 19.4. The van der Waals surface area contributed by atoms with Crippen molar-refractivity contribution in [2.24, 2.45) is 0 Å². The van der Waals surface area contributed by atoms with Crippen molar-refractivity contribution < 1.29 is 34.0 Å². The summed E-state index contributed by atoms with van der Waals surface area (Å²) < 4.78 is 17.6. The van der Waals surface area contributed by atoms with E-state index in [-0.39, 0.29) is 17.3 Å². The molecule has 0 unspecified atom stereocenters. The summed E-state index contributed by atoms with van der Waals surface area (Å²) in [4.78, 5) is 29.0. The Balaban J connectivity index is 1.79. The lowest BCUT2D eigenvalue weighted by molar-refractivity contribution is -0.139. The first-order valence-electron chi connectivity index (χ1n) is 10.7. The van der Waals surface area contributed by atoms with Crippen LogP contribution >= 0.6 is 0 Å². The van der Waals surface area contributed by atoms with E-state index in [1.54, 1.807) is 55.6 Å². The quantitative estimate of drug-likeness (QED) is 0.350. The number of phenolic OH excluding ortho intramolecular Hbond substituents is 1. The topological polar surface area (TPSA) is 120 Å². The largest absolute Gasteiger partial charge is 0.504 e. The predicted octanol–water partition coefficient (Wildman–Crippen LogP) is 3.81. The first-order valence-corrected chi connectivity index (χ1v) is 10.7. The van der Waals surface area contributed by atoms with Crippen LogP contribution in [0.1, 0.15) is 27.2 Å². The number of hydrogen-bond acceptors (Lipinski definition) is 7. The maximum atomic E-state index is 13.5.